The zero-order valence-corrected chi connectivity index (χ0v) is 63.5. The summed E-state index contributed by atoms with van der Waals surface area (Å²) in [5.41, 5.74) is 18.3. The van der Waals surface area contributed by atoms with E-state index in [2.05, 4.69) is 230 Å². The number of fused-ring (bicyclic) bond motifs is 10. The van der Waals surface area contributed by atoms with Crippen LogP contribution in [-0.2, 0) is 30.0 Å². The highest BCUT2D eigenvalue weighted by molar-refractivity contribution is 7.00. The van der Waals surface area contributed by atoms with Crippen LogP contribution in [0.15, 0.2) is 279 Å². The normalized spacial score (nSPS) is 15.2. The molecule has 0 aliphatic carbocycles. The predicted octanol–water partition coefficient (Wildman–Crippen LogP) is 26.0. The Morgan fingerprint density at radius 2 is 0.670 bits per heavy atom. The maximum Gasteiger partial charge on any atom is 0.252 e. The summed E-state index contributed by atoms with van der Waals surface area (Å²) in [5, 5.41) is 2.18. The van der Waals surface area contributed by atoms with Crippen LogP contribution in [0.4, 0.5) is 34.1 Å². The Kier molecular flexibility index (Phi) is 13.3. The van der Waals surface area contributed by atoms with E-state index in [9.17, 15) is 16.4 Å². The molecule has 0 amide bonds. The zero-order valence-electron chi connectivity index (χ0n) is 75.5. The van der Waals surface area contributed by atoms with Crippen molar-refractivity contribution in [3.05, 3.63) is 307 Å². The number of anilines is 6. The van der Waals surface area contributed by atoms with Crippen molar-refractivity contribution in [3.63, 3.8) is 0 Å². The number of rotatable bonds is 11. The number of benzene rings is 13. The highest BCUT2D eigenvalue weighted by Crippen LogP contribution is 2.55. The second-order valence-electron chi connectivity index (χ2n) is 34.5. The molecule has 0 saturated carbocycles. The van der Waals surface area contributed by atoms with Crippen LogP contribution in [0.1, 0.15) is 148 Å². The van der Waals surface area contributed by atoms with Gasteiger partial charge in [0.05, 0.1) is 44.4 Å². The van der Waals surface area contributed by atoms with Crippen molar-refractivity contribution < 1.29 is 16.4 Å². The summed E-state index contributed by atoms with van der Waals surface area (Å²) >= 11 is 0. The number of nitrogens with zero attached hydrogens (tertiary/aromatic N) is 4. The van der Waals surface area contributed by atoms with Gasteiger partial charge in [-0.25, -0.2) is 0 Å². The summed E-state index contributed by atoms with van der Waals surface area (Å²) in [4.78, 5) is 4.82. The molecule has 0 unspecified atom stereocenters. The van der Waals surface area contributed by atoms with Crippen LogP contribution >= 0.6 is 0 Å². The maximum absolute atomic E-state index is 10.3. The lowest BCUT2D eigenvalue weighted by atomic mass is 9.33. The van der Waals surface area contributed by atoms with Gasteiger partial charge in [0.25, 0.3) is 6.71 Å². The standard InChI is InChI=1S/C101H97BN4/c1-97(2,3)62-65-52-78(68-32-20-16-21-33-68)95(79(53-65)69-34-22-17-23-35-69)105-90-60-74(103-86-42-30-28-40-76(86)82-58-72(100(10,11)12)44-50-88(82)103)46-48-84(90)102-85-49-47-75(104-87-43-31-29-41-77(87)83-59-73(101(13,14)15)45-51-89(83)104)61-91(85)106(93-57-67(64-99(7,8)9)56-92(105)94(93)102)96-80(70-36-24-18-25-37-70)54-66(63-98(4,5)6)55-81(96)71-38-26-19-27-39-71/h16-61H,62-64H2,1-15H3/i28D,29D,30D,31D,40D,41D,42D,43D,62D2,63D2. The minimum absolute atomic E-state index is 0.138. The number of hydrogen-bond donors (Lipinski definition) is 0. The van der Waals surface area contributed by atoms with Crippen LogP contribution < -0.4 is 26.2 Å². The molecule has 106 heavy (non-hydrogen) atoms. The van der Waals surface area contributed by atoms with E-state index in [1.54, 1.807) is 0 Å². The van der Waals surface area contributed by atoms with Crippen molar-refractivity contribution in [2.24, 2.45) is 16.2 Å². The van der Waals surface area contributed by atoms with Gasteiger partial charge < -0.3 is 18.9 Å². The first-order valence-corrected chi connectivity index (χ1v) is 37.3. The first-order chi connectivity index (χ1) is 55.6. The van der Waals surface area contributed by atoms with E-state index in [1.807, 2.05) is 123 Å². The quantitative estimate of drug-likeness (QED) is 0.120. The average molecular weight is 1390 g/mol. The molecule has 0 bridgehead atoms. The highest BCUT2D eigenvalue weighted by atomic mass is 15.2. The minimum Gasteiger partial charge on any atom is -0.310 e. The molecule has 5 heteroatoms. The molecular formula is C101H97BN4. The predicted molar refractivity (Wildman–Crippen MR) is 458 cm³/mol. The molecule has 13 aromatic carbocycles. The van der Waals surface area contributed by atoms with Crippen molar-refractivity contribution in [2.45, 2.75) is 134 Å². The fraction of sp³-hybridized carbons (Fsp3) is 0.228. The molecule has 17 rings (SSSR count). The summed E-state index contributed by atoms with van der Waals surface area (Å²) in [7, 11) is 0. The SMILES string of the molecule is [2H]c1c([2H])c([2H])c2c(c1[2H])c1cc(C(C)(C)C)ccc1n2-c1ccc2c(c1)N(c1c(-c3ccccc3)cc(C([2H])([2H])C(C)(C)C)cc1-c1ccccc1)c1cc(CC(C)(C)C)cc3c1B2c1ccc(-n2c4ccc(C(C)(C)C)cc4c4c([2H])c([2H])c([2H])c([2H])c42)cc1N3c1c(-c2ccccc2)cc(C([2H])([2H])C(C)(C)C)cc1-c1ccccc1. The third-order valence-corrected chi connectivity index (χ3v) is 20.9. The molecule has 2 aliphatic heterocycles. The van der Waals surface area contributed by atoms with E-state index in [1.165, 1.54) is 0 Å². The Labute approximate surface area is 645 Å². The Balaban J connectivity index is 1.10. The Morgan fingerprint density at radius 3 is 1.00 bits per heavy atom. The van der Waals surface area contributed by atoms with Crippen LogP contribution in [0, 0.1) is 16.2 Å². The van der Waals surface area contributed by atoms with Gasteiger partial charge in [-0.15, -0.1) is 0 Å². The molecule has 15 aromatic rings. The molecular weight excluding hydrogens is 1280 g/mol. The number of para-hydroxylation sites is 2. The van der Waals surface area contributed by atoms with Crippen molar-refractivity contribution in [2.75, 3.05) is 9.80 Å². The smallest absolute Gasteiger partial charge is 0.252 e. The van der Waals surface area contributed by atoms with E-state index in [4.69, 9.17) is 0 Å². The van der Waals surface area contributed by atoms with Crippen molar-refractivity contribution >= 4 is 101 Å². The topological polar surface area (TPSA) is 16.3 Å². The Hall–Kier alpha value is -10.9. The second kappa shape index (κ2) is 25.4. The minimum atomic E-state index is -1.89. The summed E-state index contributed by atoms with van der Waals surface area (Å²) in [6.45, 7) is 30.6. The third kappa shape index (κ3) is 12.2. The van der Waals surface area contributed by atoms with Gasteiger partial charge in [0.15, 0.2) is 0 Å². The fourth-order valence-electron chi connectivity index (χ4n) is 16.5. The van der Waals surface area contributed by atoms with Gasteiger partial charge in [0.1, 0.15) is 0 Å². The van der Waals surface area contributed by atoms with Crippen molar-refractivity contribution in [1.82, 2.24) is 9.13 Å². The van der Waals surface area contributed by atoms with E-state index in [-0.39, 0.29) is 64.6 Å². The number of hydrogen-bond acceptors (Lipinski definition) is 2. The monoisotopic (exact) mass is 1390 g/mol. The first-order valence-electron chi connectivity index (χ1n) is 43.3. The molecule has 2 aliphatic rings. The van der Waals surface area contributed by atoms with Crippen LogP contribution in [0.5, 0.6) is 0 Å². The Morgan fingerprint density at radius 1 is 0.321 bits per heavy atom. The van der Waals surface area contributed by atoms with Crippen molar-refractivity contribution in [3.8, 4) is 55.9 Å². The van der Waals surface area contributed by atoms with E-state index < -0.39 is 30.3 Å². The second-order valence-corrected chi connectivity index (χ2v) is 34.5. The third-order valence-electron chi connectivity index (χ3n) is 20.9. The lowest BCUT2D eigenvalue weighted by Gasteiger charge is -2.46. The lowest BCUT2D eigenvalue weighted by molar-refractivity contribution is 0.411. The fourth-order valence-corrected chi connectivity index (χ4v) is 16.5. The molecule has 0 radical (unpaired) electrons. The molecule has 0 fully saturated rings. The molecule has 0 atom stereocenters. The Bertz CT molecular complexity index is 6140. The molecule has 2 aromatic heterocycles. The van der Waals surface area contributed by atoms with E-state index >= 15 is 0 Å². The van der Waals surface area contributed by atoms with Gasteiger partial charge in [0, 0.05) is 83.4 Å². The van der Waals surface area contributed by atoms with Crippen LogP contribution in [0.3, 0.4) is 0 Å². The van der Waals surface area contributed by atoms with Crippen LogP contribution in [0.2, 0.25) is 0 Å². The zero-order chi connectivity index (χ0) is 84.1. The summed E-state index contributed by atoms with van der Waals surface area (Å²) < 4.78 is 122. The van der Waals surface area contributed by atoms with Crippen LogP contribution in [-0.4, -0.2) is 15.8 Å². The molecule has 4 nitrogen and oxygen atoms in total. The summed E-state index contributed by atoms with van der Waals surface area (Å²) in [6, 6.07) is 77.3. The van der Waals surface area contributed by atoms with Gasteiger partial charge in [-0.1, -0.05) is 286 Å². The maximum atomic E-state index is 10.3. The van der Waals surface area contributed by atoms with E-state index in [0.29, 0.717) is 72.5 Å². The van der Waals surface area contributed by atoms with Crippen LogP contribution in [0.25, 0.3) is 99.5 Å². The average Bonchev–Trinajstić information content (AvgIpc) is 0.717. The van der Waals surface area contributed by atoms with Gasteiger partial charge >= 0.3 is 0 Å². The molecule has 0 saturated heterocycles. The first kappa shape index (κ1) is 55.6. The molecule has 0 N–H and O–H groups in total. The summed E-state index contributed by atoms with van der Waals surface area (Å²) in [5.74, 6) is 0. The molecule has 4 heterocycles. The molecule has 0 spiro atoms. The highest BCUT2D eigenvalue weighted by Gasteiger charge is 2.46. The largest absolute Gasteiger partial charge is 0.310 e. The van der Waals surface area contributed by atoms with Crippen molar-refractivity contribution in [1.29, 1.82) is 0 Å². The summed E-state index contributed by atoms with van der Waals surface area (Å²) in [6.07, 6.45) is -3.21. The molecule has 524 valence electrons. The lowest BCUT2D eigenvalue weighted by Crippen LogP contribution is -2.61. The van der Waals surface area contributed by atoms with Gasteiger partial charge in [-0.2, -0.15) is 0 Å². The number of aromatic nitrogens is 2. The van der Waals surface area contributed by atoms with E-state index in [0.717, 1.165) is 112 Å². The van der Waals surface area contributed by atoms with Gasteiger partial charge in [-0.05, 0) is 210 Å². The van der Waals surface area contributed by atoms with Gasteiger partial charge in [0.2, 0.25) is 0 Å². The van der Waals surface area contributed by atoms with Gasteiger partial charge in [-0.3, -0.25) is 0 Å².